The lowest BCUT2D eigenvalue weighted by molar-refractivity contribution is -0.189. The summed E-state index contributed by atoms with van der Waals surface area (Å²) in [4.78, 5) is 22.6. The predicted octanol–water partition coefficient (Wildman–Crippen LogP) is 1.08. The van der Waals surface area contributed by atoms with Crippen molar-refractivity contribution in [1.29, 1.82) is 0 Å². The molecule has 1 spiro atoms. The summed E-state index contributed by atoms with van der Waals surface area (Å²) in [5.41, 5.74) is 0. The maximum atomic E-state index is 11.6. The quantitative estimate of drug-likeness (QED) is 0.687. The molecule has 2 rings (SSSR count). The van der Waals surface area contributed by atoms with Crippen molar-refractivity contribution in [3.63, 3.8) is 0 Å². The maximum Gasteiger partial charge on any atom is 0.169 e. The molecule has 1 aliphatic carbocycles. The molecule has 1 saturated heterocycles. The van der Waals surface area contributed by atoms with Crippen molar-refractivity contribution in [2.75, 3.05) is 13.2 Å². The van der Waals surface area contributed by atoms with Gasteiger partial charge in [-0.1, -0.05) is 0 Å². The Kier molecular flexibility index (Phi) is 2.89. The Morgan fingerprint density at radius 2 is 2.13 bits per heavy atom. The third-order valence-corrected chi connectivity index (χ3v) is 3.11. The number of rotatable bonds is 2. The van der Waals surface area contributed by atoms with Crippen molar-refractivity contribution < 1.29 is 19.1 Å². The Morgan fingerprint density at radius 1 is 1.47 bits per heavy atom. The van der Waals surface area contributed by atoms with E-state index in [0.29, 0.717) is 38.9 Å². The predicted molar refractivity (Wildman–Crippen MR) is 52.3 cm³/mol. The molecule has 0 aromatic heterocycles. The molecule has 0 N–H and O–H groups in total. The van der Waals surface area contributed by atoms with Gasteiger partial charge < -0.3 is 14.3 Å². The minimum absolute atomic E-state index is 0.0587. The third-order valence-electron chi connectivity index (χ3n) is 3.11. The first-order valence-electron chi connectivity index (χ1n) is 5.41. The van der Waals surface area contributed by atoms with Crippen LogP contribution in [0.25, 0.3) is 0 Å². The summed E-state index contributed by atoms with van der Waals surface area (Å²) in [7, 11) is 0. The zero-order valence-electron chi connectivity index (χ0n) is 8.95. The van der Waals surface area contributed by atoms with E-state index in [1.165, 1.54) is 6.92 Å². The molecule has 4 heteroatoms. The number of hydrogen-bond donors (Lipinski definition) is 0. The molecule has 0 radical (unpaired) electrons. The van der Waals surface area contributed by atoms with E-state index in [2.05, 4.69) is 0 Å². The molecule has 0 amide bonds. The molecule has 1 heterocycles. The Morgan fingerprint density at radius 3 is 2.73 bits per heavy atom. The van der Waals surface area contributed by atoms with Crippen LogP contribution in [0, 0.1) is 5.92 Å². The van der Waals surface area contributed by atoms with Crippen LogP contribution in [0.4, 0.5) is 0 Å². The van der Waals surface area contributed by atoms with Gasteiger partial charge in [0.05, 0.1) is 13.2 Å². The zero-order chi connectivity index (χ0) is 10.9. The smallest absolute Gasteiger partial charge is 0.169 e. The second kappa shape index (κ2) is 4.02. The largest absolute Gasteiger partial charge is 0.347 e. The minimum Gasteiger partial charge on any atom is -0.347 e. The van der Waals surface area contributed by atoms with Crippen LogP contribution in [-0.4, -0.2) is 30.6 Å². The van der Waals surface area contributed by atoms with Crippen molar-refractivity contribution >= 4 is 11.6 Å². The number of carbonyl (C=O) groups is 2. The lowest BCUT2D eigenvalue weighted by Crippen LogP contribution is -2.41. The fourth-order valence-electron chi connectivity index (χ4n) is 2.40. The van der Waals surface area contributed by atoms with Crippen LogP contribution in [0.3, 0.4) is 0 Å². The van der Waals surface area contributed by atoms with Crippen LogP contribution in [-0.2, 0) is 19.1 Å². The second-order valence-corrected chi connectivity index (χ2v) is 4.38. The second-order valence-electron chi connectivity index (χ2n) is 4.38. The molecule has 1 aliphatic heterocycles. The van der Waals surface area contributed by atoms with Gasteiger partial charge in [0.25, 0.3) is 0 Å². The first-order valence-corrected chi connectivity index (χ1v) is 5.41. The van der Waals surface area contributed by atoms with Crippen molar-refractivity contribution in [1.82, 2.24) is 0 Å². The fraction of sp³-hybridized carbons (Fsp3) is 0.818. The van der Waals surface area contributed by atoms with E-state index in [0.717, 1.165) is 0 Å². The average Bonchev–Trinajstić information content (AvgIpc) is 2.60. The number of ketones is 2. The highest BCUT2D eigenvalue weighted by atomic mass is 16.7. The summed E-state index contributed by atoms with van der Waals surface area (Å²) in [6.07, 6.45) is 1.98. The lowest BCUT2D eigenvalue weighted by Gasteiger charge is -2.34. The fourth-order valence-corrected chi connectivity index (χ4v) is 2.40. The highest BCUT2D eigenvalue weighted by Crippen LogP contribution is 2.38. The summed E-state index contributed by atoms with van der Waals surface area (Å²) in [5, 5.41) is 0. The number of ether oxygens (including phenoxy) is 2. The lowest BCUT2D eigenvalue weighted by atomic mass is 9.81. The number of carbonyl (C=O) groups excluding carboxylic acids is 2. The summed E-state index contributed by atoms with van der Waals surface area (Å²) in [6.45, 7) is 2.72. The topological polar surface area (TPSA) is 52.6 Å². The van der Waals surface area contributed by atoms with E-state index >= 15 is 0 Å². The van der Waals surface area contributed by atoms with Crippen molar-refractivity contribution in [3.05, 3.63) is 0 Å². The molecule has 0 aromatic rings. The van der Waals surface area contributed by atoms with Crippen LogP contribution in [0.5, 0.6) is 0 Å². The van der Waals surface area contributed by atoms with E-state index in [1.807, 2.05) is 0 Å². The molecule has 84 valence electrons. The third kappa shape index (κ3) is 2.26. The van der Waals surface area contributed by atoms with E-state index < -0.39 is 5.79 Å². The highest BCUT2D eigenvalue weighted by Gasteiger charge is 2.44. The van der Waals surface area contributed by atoms with Crippen molar-refractivity contribution in [3.8, 4) is 0 Å². The Balaban J connectivity index is 2.03. The monoisotopic (exact) mass is 212 g/mol. The van der Waals surface area contributed by atoms with Gasteiger partial charge in [0.2, 0.25) is 0 Å². The van der Waals surface area contributed by atoms with Crippen LogP contribution < -0.4 is 0 Å². The average molecular weight is 212 g/mol. The standard InChI is InChI=1S/C11H16O4/c1-8(12)6-9-7-11(3-2-10(9)13)14-4-5-15-11/h9H,2-7H2,1H3/t9-/m1/s1. The maximum absolute atomic E-state index is 11.6. The molecule has 0 bridgehead atoms. The number of Topliss-reactive ketones (excluding diaryl/α,β-unsaturated/α-hetero) is 2. The molecule has 0 unspecified atom stereocenters. The van der Waals surface area contributed by atoms with Gasteiger partial charge in [-0.15, -0.1) is 0 Å². The van der Waals surface area contributed by atoms with Gasteiger partial charge in [-0.05, 0) is 6.92 Å². The normalized spacial score (nSPS) is 29.7. The van der Waals surface area contributed by atoms with Crippen molar-refractivity contribution in [2.24, 2.45) is 5.92 Å². The summed E-state index contributed by atoms with van der Waals surface area (Å²) in [6, 6.07) is 0. The van der Waals surface area contributed by atoms with Crippen molar-refractivity contribution in [2.45, 2.75) is 38.4 Å². The molecule has 1 saturated carbocycles. The van der Waals surface area contributed by atoms with Crippen LogP contribution in [0.1, 0.15) is 32.6 Å². The molecular formula is C11H16O4. The Labute approximate surface area is 88.9 Å². The molecule has 4 nitrogen and oxygen atoms in total. The van der Waals surface area contributed by atoms with Crippen LogP contribution in [0.15, 0.2) is 0 Å². The van der Waals surface area contributed by atoms with Gasteiger partial charge in [0.1, 0.15) is 11.6 Å². The van der Waals surface area contributed by atoms with E-state index in [9.17, 15) is 9.59 Å². The summed E-state index contributed by atoms with van der Waals surface area (Å²) < 4.78 is 11.1. The van der Waals surface area contributed by atoms with E-state index in [1.54, 1.807) is 0 Å². The van der Waals surface area contributed by atoms with Gasteiger partial charge in [0, 0.05) is 31.6 Å². The summed E-state index contributed by atoms with van der Waals surface area (Å²) in [5.74, 6) is -0.527. The molecule has 1 atom stereocenters. The highest BCUT2D eigenvalue weighted by molar-refractivity contribution is 5.87. The zero-order valence-corrected chi connectivity index (χ0v) is 8.95. The van der Waals surface area contributed by atoms with Crippen LogP contribution in [0.2, 0.25) is 0 Å². The Bertz CT molecular complexity index is 278. The van der Waals surface area contributed by atoms with E-state index in [4.69, 9.17) is 9.47 Å². The first kappa shape index (κ1) is 10.8. The molecule has 2 fully saturated rings. The molecular weight excluding hydrogens is 196 g/mol. The van der Waals surface area contributed by atoms with E-state index in [-0.39, 0.29) is 17.5 Å². The van der Waals surface area contributed by atoms with Crippen LogP contribution >= 0.6 is 0 Å². The van der Waals surface area contributed by atoms with Gasteiger partial charge in [0.15, 0.2) is 5.79 Å². The van der Waals surface area contributed by atoms with Gasteiger partial charge in [-0.25, -0.2) is 0 Å². The number of hydrogen-bond acceptors (Lipinski definition) is 4. The molecule has 0 aromatic carbocycles. The molecule has 15 heavy (non-hydrogen) atoms. The SMILES string of the molecule is CC(=O)C[C@@H]1CC2(CCC1=O)OCCO2. The van der Waals surface area contributed by atoms with Gasteiger partial charge >= 0.3 is 0 Å². The summed E-state index contributed by atoms with van der Waals surface area (Å²) >= 11 is 0. The minimum atomic E-state index is -0.561. The Hall–Kier alpha value is -0.740. The molecule has 2 aliphatic rings. The van der Waals surface area contributed by atoms with Gasteiger partial charge in [-0.2, -0.15) is 0 Å². The first-order chi connectivity index (χ1) is 7.11. The van der Waals surface area contributed by atoms with Gasteiger partial charge in [-0.3, -0.25) is 4.79 Å².